The molecule has 5 nitrogen and oxygen atoms in total. The fourth-order valence-electron chi connectivity index (χ4n) is 1.96. The lowest BCUT2D eigenvalue weighted by molar-refractivity contribution is 0.306. The van der Waals surface area contributed by atoms with Crippen LogP contribution in [-0.4, -0.2) is 17.3 Å². The zero-order valence-corrected chi connectivity index (χ0v) is 13.4. The van der Waals surface area contributed by atoms with Gasteiger partial charge in [-0.1, -0.05) is 6.07 Å². The van der Waals surface area contributed by atoms with E-state index >= 15 is 0 Å². The van der Waals surface area contributed by atoms with Crippen LogP contribution in [0.4, 0.5) is 0 Å². The van der Waals surface area contributed by atoms with Crippen LogP contribution >= 0.6 is 15.9 Å². The number of halogens is 1. The second-order valence-corrected chi connectivity index (χ2v) is 5.38. The Morgan fingerprint density at radius 3 is 2.59 bits per heavy atom. The topological polar surface area (TPSA) is 57.4 Å². The summed E-state index contributed by atoms with van der Waals surface area (Å²) in [4.78, 5) is 0. The van der Waals surface area contributed by atoms with Crippen LogP contribution in [0.15, 0.2) is 57.7 Å². The molecule has 1 heterocycles. The molecule has 0 atom stereocenters. The summed E-state index contributed by atoms with van der Waals surface area (Å²) in [6.45, 7) is 0.475. The Morgan fingerprint density at radius 1 is 1.14 bits per heavy atom. The summed E-state index contributed by atoms with van der Waals surface area (Å²) < 4.78 is 17.0. The van der Waals surface area contributed by atoms with Gasteiger partial charge in [0.25, 0.3) is 0 Å². The van der Waals surface area contributed by atoms with Gasteiger partial charge in [-0.05, 0) is 57.9 Å². The third-order valence-corrected chi connectivity index (χ3v) is 3.70. The Bertz CT molecular complexity index is 743. The molecule has 1 aromatic heterocycles. The van der Waals surface area contributed by atoms with Gasteiger partial charge in [-0.2, -0.15) is 0 Å². The van der Waals surface area contributed by atoms with Crippen LogP contribution in [0.5, 0.6) is 11.5 Å². The smallest absolute Gasteiger partial charge is 0.247 e. The van der Waals surface area contributed by atoms with Crippen LogP contribution in [0.25, 0.3) is 11.5 Å². The molecule has 0 radical (unpaired) electrons. The lowest BCUT2D eigenvalue weighted by Crippen LogP contribution is -1.96. The minimum atomic E-state index is 0.475. The number of hydrogen-bond donors (Lipinski definition) is 0. The van der Waals surface area contributed by atoms with Crippen molar-refractivity contribution in [2.75, 3.05) is 7.11 Å². The van der Waals surface area contributed by atoms with E-state index in [1.807, 2.05) is 42.5 Å². The molecule has 3 aromatic rings. The molecule has 22 heavy (non-hydrogen) atoms. The molecular formula is C16H13BrN2O3. The highest BCUT2D eigenvalue weighted by atomic mass is 79.9. The lowest BCUT2D eigenvalue weighted by Gasteiger charge is -2.09. The fourth-order valence-corrected chi connectivity index (χ4v) is 2.55. The second-order valence-electron chi connectivity index (χ2n) is 4.53. The summed E-state index contributed by atoms with van der Waals surface area (Å²) in [6.07, 6.45) is 1.31. The highest BCUT2D eigenvalue weighted by molar-refractivity contribution is 9.10. The van der Waals surface area contributed by atoms with Crippen LogP contribution in [0, 0.1) is 0 Å². The lowest BCUT2D eigenvalue weighted by atomic mass is 10.2. The molecule has 0 saturated heterocycles. The number of ether oxygens (including phenoxy) is 2. The molecule has 0 unspecified atom stereocenters. The molecule has 2 aromatic carbocycles. The van der Waals surface area contributed by atoms with Gasteiger partial charge in [0, 0.05) is 5.56 Å². The Kier molecular flexibility index (Phi) is 4.39. The van der Waals surface area contributed by atoms with Gasteiger partial charge in [-0.25, -0.2) is 0 Å². The van der Waals surface area contributed by atoms with Crippen LogP contribution < -0.4 is 9.47 Å². The second kappa shape index (κ2) is 6.62. The maximum atomic E-state index is 5.76. The first-order chi connectivity index (χ1) is 10.8. The van der Waals surface area contributed by atoms with Gasteiger partial charge in [0.2, 0.25) is 12.3 Å². The minimum absolute atomic E-state index is 0.475. The van der Waals surface area contributed by atoms with E-state index in [0.717, 1.165) is 27.1 Å². The summed E-state index contributed by atoms with van der Waals surface area (Å²) in [5, 5.41) is 7.52. The quantitative estimate of drug-likeness (QED) is 0.685. The molecule has 6 heteroatoms. The molecule has 0 aliphatic carbocycles. The molecule has 0 aliphatic heterocycles. The van der Waals surface area contributed by atoms with Crippen molar-refractivity contribution in [1.29, 1.82) is 0 Å². The summed E-state index contributed by atoms with van der Waals surface area (Å²) >= 11 is 3.46. The number of nitrogens with zero attached hydrogens (tertiary/aromatic N) is 2. The van der Waals surface area contributed by atoms with Gasteiger partial charge in [0.15, 0.2) is 0 Å². The van der Waals surface area contributed by atoms with E-state index in [4.69, 9.17) is 13.9 Å². The summed E-state index contributed by atoms with van der Waals surface area (Å²) in [5.41, 5.74) is 1.91. The predicted molar refractivity (Wildman–Crippen MR) is 84.8 cm³/mol. The number of hydrogen-bond acceptors (Lipinski definition) is 5. The molecule has 0 aliphatic rings. The van der Waals surface area contributed by atoms with Crippen molar-refractivity contribution in [2.24, 2.45) is 0 Å². The van der Waals surface area contributed by atoms with Crippen LogP contribution in [0.1, 0.15) is 5.56 Å². The Hall–Kier alpha value is -2.34. The van der Waals surface area contributed by atoms with Crippen LogP contribution in [0.3, 0.4) is 0 Å². The molecule has 0 amide bonds. The van der Waals surface area contributed by atoms with Crippen molar-refractivity contribution in [1.82, 2.24) is 10.2 Å². The van der Waals surface area contributed by atoms with Gasteiger partial charge in [-0.3, -0.25) is 0 Å². The molecule has 3 rings (SSSR count). The van der Waals surface area contributed by atoms with Gasteiger partial charge in [0.05, 0.1) is 11.6 Å². The average molecular weight is 361 g/mol. The zero-order valence-electron chi connectivity index (χ0n) is 11.8. The molecule has 0 fully saturated rings. The van der Waals surface area contributed by atoms with Crippen molar-refractivity contribution in [2.45, 2.75) is 6.61 Å². The monoisotopic (exact) mass is 360 g/mol. The van der Waals surface area contributed by atoms with E-state index in [0.29, 0.717) is 12.5 Å². The summed E-state index contributed by atoms with van der Waals surface area (Å²) in [5.74, 6) is 2.06. The standard InChI is InChI=1S/C16H13BrN2O3/c1-20-15-7-2-11(8-14(15)17)9-21-13-5-3-12(4-6-13)16-19-18-10-22-16/h2-8,10H,9H2,1H3. The van der Waals surface area contributed by atoms with Crippen molar-refractivity contribution in [3.63, 3.8) is 0 Å². The van der Waals surface area contributed by atoms with E-state index in [-0.39, 0.29) is 0 Å². The van der Waals surface area contributed by atoms with Crippen molar-refractivity contribution in [3.05, 3.63) is 58.9 Å². The van der Waals surface area contributed by atoms with E-state index in [1.165, 1.54) is 6.39 Å². The first kappa shape index (κ1) is 14.6. The van der Waals surface area contributed by atoms with Gasteiger partial charge in [-0.15, -0.1) is 10.2 Å². The third kappa shape index (κ3) is 3.28. The maximum absolute atomic E-state index is 5.76. The summed E-state index contributed by atoms with van der Waals surface area (Å²) in [7, 11) is 1.64. The first-order valence-electron chi connectivity index (χ1n) is 6.58. The Balaban J connectivity index is 1.65. The van der Waals surface area contributed by atoms with E-state index in [9.17, 15) is 0 Å². The van der Waals surface area contributed by atoms with E-state index in [2.05, 4.69) is 26.1 Å². The van der Waals surface area contributed by atoms with Gasteiger partial charge >= 0.3 is 0 Å². The summed E-state index contributed by atoms with van der Waals surface area (Å²) in [6, 6.07) is 13.4. The highest BCUT2D eigenvalue weighted by Gasteiger charge is 2.05. The largest absolute Gasteiger partial charge is 0.496 e. The van der Waals surface area contributed by atoms with E-state index in [1.54, 1.807) is 7.11 Å². The fraction of sp³-hybridized carbons (Fsp3) is 0.125. The number of benzene rings is 2. The normalized spacial score (nSPS) is 10.5. The number of aromatic nitrogens is 2. The van der Waals surface area contributed by atoms with Crippen LogP contribution in [0.2, 0.25) is 0 Å². The number of methoxy groups -OCH3 is 1. The Morgan fingerprint density at radius 2 is 1.95 bits per heavy atom. The van der Waals surface area contributed by atoms with E-state index < -0.39 is 0 Å². The highest BCUT2D eigenvalue weighted by Crippen LogP contribution is 2.26. The molecule has 0 bridgehead atoms. The molecular weight excluding hydrogens is 348 g/mol. The maximum Gasteiger partial charge on any atom is 0.247 e. The number of rotatable bonds is 5. The predicted octanol–water partition coefficient (Wildman–Crippen LogP) is 4.09. The molecule has 0 saturated carbocycles. The van der Waals surface area contributed by atoms with Crippen molar-refractivity contribution in [3.8, 4) is 23.0 Å². The zero-order chi connectivity index (χ0) is 15.4. The van der Waals surface area contributed by atoms with Crippen molar-refractivity contribution >= 4 is 15.9 Å². The SMILES string of the molecule is COc1ccc(COc2ccc(-c3nnco3)cc2)cc1Br. The minimum Gasteiger partial charge on any atom is -0.496 e. The Labute approximate surface area is 136 Å². The van der Waals surface area contributed by atoms with Crippen LogP contribution in [-0.2, 0) is 6.61 Å². The molecule has 0 N–H and O–H groups in total. The van der Waals surface area contributed by atoms with Gasteiger partial charge in [0.1, 0.15) is 18.1 Å². The van der Waals surface area contributed by atoms with Gasteiger partial charge < -0.3 is 13.9 Å². The average Bonchev–Trinajstić information content (AvgIpc) is 3.08. The first-order valence-corrected chi connectivity index (χ1v) is 7.37. The molecule has 112 valence electrons. The van der Waals surface area contributed by atoms with Crippen molar-refractivity contribution < 1.29 is 13.9 Å². The molecule has 0 spiro atoms. The third-order valence-electron chi connectivity index (χ3n) is 3.08.